The zero-order valence-electron chi connectivity index (χ0n) is 14.6. The van der Waals surface area contributed by atoms with Gasteiger partial charge in [-0.15, -0.1) is 0 Å². The van der Waals surface area contributed by atoms with Gasteiger partial charge in [-0.05, 0) is 65.2 Å². The number of carbonyl (C=O) groups is 2. The lowest BCUT2D eigenvalue weighted by Gasteiger charge is -2.50. The summed E-state index contributed by atoms with van der Waals surface area (Å²) in [4.78, 5) is 27.6. The van der Waals surface area contributed by atoms with Gasteiger partial charge in [-0.25, -0.2) is 0 Å². The van der Waals surface area contributed by atoms with Crippen molar-refractivity contribution in [3.63, 3.8) is 0 Å². The summed E-state index contributed by atoms with van der Waals surface area (Å²) in [7, 11) is 0. The van der Waals surface area contributed by atoms with Crippen molar-refractivity contribution in [2.24, 2.45) is 0 Å². The Kier molecular flexibility index (Phi) is 4.61. The second kappa shape index (κ2) is 6.94. The van der Waals surface area contributed by atoms with E-state index >= 15 is 0 Å². The van der Waals surface area contributed by atoms with E-state index in [1.54, 1.807) is 4.90 Å². The van der Waals surface area contributed by atoms with E-state index in [4.69, 9.17) is 0 Å². The lowest BCUT2D eigenvalue weighted by atomic mass is 9.77. The molecule has 1 fully saturated rings. The minimum absolute atomic E-state index is 0.0662. The molecule has 0 unspecified atom stereocenters. The molecule has 1 saturated heterocycles. The molecular weight excluding hydrogens is 424 g/mol. The van der Waals surface area contributed by atoms with Crippen LogP contribution in [0.4, 0.5) is 11.4 Å². The first kappa shape index (κ1) is 17.9. The molecule has 0 bridgehead atoms. The molecule has 0 saturated carbocycles. The zero-order chi connectivity index (χ0) is 19.0. The van der Waals surface area contributed by atoms with E-state index in [0.717, 1.165) is 21.3 Å². The molecule has 0 aliphatic carbocycles. The number of hydrogen-bond acceptors (Lipinski definition) is 3. The number of amides is 2. The molecule has 6 heteroatoms. The van der Waals surface area contributed by atoms with E-state index in [0.29, 0.717) is 5.69 Å². The van der Waals surface area contributed by atoms with Crippen LogP contribution in [0.1, 0.15) is 17.5 Å². The lowest BCUT2D eigenvalue weighted by Crippen LogP contribution is -2.67. The van der Waals surface area contributed by atoms with Gasteiger partial charge in [0.25, 0.3) is 5.91 Å². The molecule has 136 valence electrons. The molecule has 3 aromatic rings. The van der Waals surface area contributed by atoms with Crippen molar-refractivity contribution in [2.45, 2.75) is 18.9 Å². The molecule has 4 nitrogen and oxygen atoms in total. The van der Waals surface area contributed by atoms with Crippen LogP contribution in [-0.2, 0) is 15.1 Å². The topological polar surface area (TPSA) is 49.4 Å². The smallest absolute Gasteiger partial charge is 0.255 e. The Morgan fingerprint density at radius 2 is 1.89 bits per heavy atom. The first-order valence-corrected chi connectivity index (χ1v) is 10.2. The molecule has 2 heterocycles. The fraction of sp³-hybridized carbons (Fsp3) is 0.143. The Morgan fingerprint density at radius 1 is 1.15 bits per heavy atom. The van der Waals surface area contributed by atoms with E-state index < -0.39 is 5.54 Å². The molecule has 27 heavy (non-hydrogen) atoms. The summed E-state index contributed by atoms with van der Waals surface area (Å²) >= 11 is 4.93. The van der Waals surface area contributed by atoms with E-state index in [-0.39, 0.29) is 18.2 Å². The predicted octanol–water partition coefficient (Wildman–Crippen LogP) is 5.09. The molecule has 1 aromatic heterocycles. The first-order valence-electron chi connectivity index (χ1n) is 8.51. The lowest BCUT2D eigenvalue weighted by molar-refractivity contribution is -0.137. The molecular formula is C21H17BrN2O2S. The van der Waals surface area contributed by atoms with E-state index in [2.05, 4.69) is 21.2 Å². The summed E-state index contributed by atoms with van der Waals surface area (Å²) in [5, 5.41) is 6.91. The van der Waals surface area contributed by atoms with Crippen LogP contribution in [0.2, 0.25) is 0 Å². The number of para-hydroxylation sites is 1. The van der Waals surface area contributed by atoms with E-state index in [1.807, 2.05) is 72.3 Å². The molecule has 1 atom stereocenters. The minimum Gasteiger partial charge on any atom is -0.323 e. The molecule has 1 N–H and O–H groups in total. The van der Waals surface area contributed by atoms with E-state index in [1.165, 1.54) is 11.3 Å². The van der Waals surface area contributed by atoms with E-state index in [9.17, 15) is 9.59 Å². The number of rotatable bonds is 4. The maximum atomic E-state index is 13.5. The highest BCUT2D eigenvalue weighted by Gasteiger charge is 2.58. The van der Waals surface area contributed by atoms with Crippen molar-refractivity contribution in [2.75, 3.05) is 10.2 Å². The summed E-state index contributed by atoms with van der Waals surface area (Å²) in [6, 6.07) is 17.0. The van der Waals surface area contributed by atoms with Crippen molar-refractivity contribution < 1.29 is 9.59 Å². The number of halogens is 1. The van der Waals surface area contributed by atoms with Crippen LogP contribution in [0.15, 0.2) is 69.8 Å². The molecule has 4 rings (SSSR count). The van der Waals surface area contributed by atoms with Gasteiger partial charge in [0.1, 0.15) is 0 Å². The molecule has 1 aliphatic heterocycles. The predicted molar refractivity (Wildman–Crippen MR) is 112 cm³/mol. The van der Waals surface area contributed by atoms with Gasteiger partial charge in [-0.3, -0.25) is 14.5 Å². The first-order chi connectivity index (χ1) is 13.0. The van der Waals surface area contributed by atoms with Crippen molar-refractivity contribution >= 4 is 50.5 Å². The SMILES string of the molecule is Cc1ccccc1NC(=O)[C@]1(c2ccsc2)CC(=O)N1c1ccc(Br)cc1. The maximum Gasteiger partial charge on any atom is 0.255 e. The Bertz CT molecular complexity index is 1000. The van der Waals surface area contributed by atoms with Crippen LogP contribution in [0.5, 0.6) is 0 Å². The van der Waals surface area contributed by atoms with Crippen molar-refractivity contribution in [1.82, 2.24) is 0 Å². The van der Waals surface area contributed by atoms with Gasteiger partial charge in [0.2, 0.25) is 5.91 Å². The molecule has 0 radical (unpaired) electrons. The highest BCUT2D eigenvalue weighted by Crippen LogP contribution is 2.46. The number of anilines is 2. The second-order valence-electron chi connectivity index (χ2n) is 6.52. The highest BCUT2D eigenvalue weighted by molar-refractivity contribution is 9.10. The number of thiophene rings is 1. The van der Waals surface area contributed by atoms with Gasteiger partial charge in [0.05, 0.1) is 6.42 Å². The van der Waals surface area contributed by atoms with Gasteiger partial charge in [-0.2, -0.15) is 11.3 Å². The monoisotopic (exact) mass is 440 g/mol. The largest absolute Gasteiger partial charge is 0.323 e. The quantitative estimate of drug-likeness (QED) is 0.574. The Hall–Kier alpha value is -2.44. The number of nitrogens with zero attached hydrogens (tertiary/aromatic N) is 1. The Labute approximate surface area is 170 Å². The number of aryl methyl sites for hydroxylation is 1. The number of benzene rings is 2. The molecule has 2 aromatic carbocycles. The van der Waals surface area contributed by atoms with Gasteiger partial charge in [0.15, 0.2) is 5.54 Å². The van der Waals surface area contributed by atoms with Gasteiger partial charge < -0.3 is 5.32 Å². The second-order valence-corrected chi connectivity index (χ2v) is 8.22. The van der Waals surface area contributed by atoms with Gasteiger partial charge in [-0.1, -0.05) is 34.1 Å². The number of nitrogens with one attached hydrogen (secondary N) is 1. The van der Waals surface area contributed by atoms with Crippen molar-refractivity contribution in [3.05, 3.63) is 81.0 Å². The number of carbonyl (C=O) groups excluding carboxylic acids is 2. The zero-order valence-corrected chi connectivity index (χ0v) is 17.0. The average molecular weight is 441 g/mol. The van der Waals surface area contributed by atoms with Crippen LogP contribution in [0.3, 0.4) is 0 Å². The summed E-state index contributed by atoms with van der Waals surface area (Å²) in [6.45, 7) is 1.95. The van der Waals surface area contributed by atoms with Gasteiger partial charge >= 0.3 is 0 Å². The normalized spacial score (nSPS) is 18.9. The summed E-state index contributed by atoms with van der Waals surface area (Å²) in [6.07, 6.45) is 0.150. The molecule has 1 aliphatic rings. The fourth-order valence-corrected chi connectivity index (χ4v) is 4.42. The minimum atomic E-state index is -1.03. The molecule has 2 amide bonds. The fourth-order valence-electron chi connectivity index (χ4n) is 3.44. The maximum absolute atomic E-state index is 13.5. The van der Waals surface area contributed by atoms with Crippen LogP contribution < -0.4 is 10.2 Å². The van der Waals surface area contributed by atoms with Crippen molar-refractivity contribution in [3.8, 4) is 0 Å². The molecule has 0 spiro atoms. The highest BCUT2D eigenvalue weighted by atomic mass is 79.9. The average Bonchev–Trinajstić information content (AvgIpc) is 3.17. The van der Waals surface area contributed by atoms with Crippen LogP contribution >= 0.6 is 27.3 Å². The van der Waals surface area contributed by atoms with Gasteiger partial charge in [0, 0.05) is 15.8 Å². The van der Waals surface area contributed by atoms with Crippen molar-refractivity contribution in [1.29, 1.82) is 0 Å². The standard InChI is InChI=1S/C21H17BrN2O2S/c1-14-4-2-3-5-18(14)23-20(26)21(15-10-11-27-13-15)12-19(25)24(21)17-8-6-16(22)7-9-17/h2-11,13H,12H2,1H3,(H,23,26)/t21-/m1/s1. The summed E-state index contributed by atoms with van der Waals surface area (Å²) < 4.78 is 0.921. The third-order valence-electron chi connectivity index (χ3n) is 4.89. The number of hydrogen-bond donors (Lipinski definition) is 1. The summed E-state index contributed by atoms with van der Waals surface area (Å²) in [5.74, 6) is -0.263. The van der Waals surface area contributed by atoms with Crippen LogP contribution in [0, 0.1) is 6.92 Å². The Balaban J connectivity index is 1.77. The summed E-state index contributed by atoms with van der Waals surface area (Å²) in [5.41, 5.74) is 2.24. The number of β-lactam (4-membered cyclic amide) rings is 1. The van der Waals surface area contributed by atoms with Crippen LogP contribution in [-0.4, -0.2) is 11.8 Å². The van der Waals surface area contributed by atoms with Crippen LogP contribution in [0.25, 0.3) is 0 Å². The third kappa shape index (κ3) is 2.99. The Morgan fingerprint density at radius 3 is 2.52 bits per heavy atom. The third-order valence-corrected chi connectivity index (χ3v) is 6.10.